The minimum atomic E-state index is -1.02. The van der Waals surface area contributed by atoms with Crippen LogP contribution in [0.15, 0.2) is 12.3 Å². The van der Waals surface area contributed by atoms with E-state index in [0.717, 1.165) is 32.5 Å². The third kappa shape index (κ3) is 3.14. The van der Waals surface area contributed by atoms with Gasteiger partial charge in [0.15, 0.2) is 5.82 Å². The fourth-order valence-electron chi connectivity index (χ4n) is 2.26. The lowest BCUT2D eigenvalue weighted by Crippen LogP contribution is -2.33. The summed E-state index contributed by atoms with van der Waals surface area (Å²) in [5, 5.41) is 8.90. The molecule has 1 fully saturated rings. The van der Waals surface area contributed by atoms with E-state index in [-0.39, 0.29) is 11.7 Å². The molecule has 1 aromatic heterocycles. The number of aromatic carboxylic acids is 1. The highest BCUT2D eigenvalue weighted by molar-refractivity contribution is 5.89. The summed E-state index contributed by atoms with van der Waals surface area (Å²) in [6, 6.07) is 1.45. The lowest BCUT2D eigenvalue weighted by atomic mass is 10.2. The first kappa shape index (κ1) is 13.6. The number of carboxylic acids is 1. The molecule has 19 heavy (non-hydrogen) atoms. The number of likely N-dealkylation sites (N-methyl/N-ethyl adjacent to an activating group) is 1. The van der Waals surface area contributed by atoms with Gasteiger partial charge in [-0.25, -0.2) is 9.78 Å². The summed E-state index contributed by atoms with van der Waals surface area (Å²) in [5.41, 5.74) is 6.40. The van der Waals surface area contributed by atoms with Gasteiger partial charge in [-0.3, -0.25) is 0 Å². The fraction of sp³-hybridized carbons (Fsp3) is 0.538. The van der Waals surface area contributed by atoms with Crippen LogP contribution in [0.1, 0.15) is 30.1 Å². The second-order valence-electron chi connectivity index (χ2n) is 4.62. The van der Waals surface area contributed by atoms with E-state index in [1.54, 1.807) is 0 Å². The van der Waals surface area contributed by atoms with Gasteiger partial charge in [0.1, 0.15) is 0 Å². The third-order valence-electron chi connectivity index (χ3n) is 3.27. The molecule has 1 aliphatic rings. The van der Waals surface area contributed by atoms with Gasteiger partial charge in [-0.15, -0.1) is 0 Å². The molecule has 0 spiro atoms. The first-order chi connectivity index (χ1) is 9.11. The lowest BCUT2D eigenvalue weighted by Gasteiger charge is -2.26. The molecule has 104 valence electrons. The number of carboxylic acid groups (broad SMARTS) is 1. The molecule has 0 amide bonds. The maximum atomic E-state index is 10.9. The smallest absolute Gasteiger partial charge is 0.337 e. The van der Waals surface area contributed by atoms with Crippen molar-refractivity contribution in [2.24, 2.45) is 0 Å². The predicted molar refractivity (Wildman–Crippen MR) is 72.5 cm³/mol. The van der Waals surface area contributed by atoms with Gasteiger partial charge in [-0.05, 0) is 25.8 Å². The number of ether oxygens (including phenoxy) is 1. The van der Waals surface area contributed by atoms with Crippen molar-refractivity contribution in [2.75, 3.05) is 30.3 Å². The molecule has 1 unspecified atom stereocenters. The van der Waals surface area contributed by atoms with E-state index in [2.05, 4.69) is 4.98 Å². The van der Waals surface area contributed by atoms with Crippen LogP contribution in [-0.4, -0.2) is 41.9 Å². The van der Waals surface area contributed by atoms with E-state index in [9.17, 15) is 4.79 Å². The lowest BCUT2D eigenvalue weighted by molar-refractivity contribution is 0.0696. The number of pyridine rings is 1. The van der Waals surface area contributed by atoms with Crippen LogP contribution in [0, 0.1) is 0 Å². The summed E-state index contributed by atoms with van der Waals surface area (Å²) in [6.07, 6.45) is 3.68. The van der Waals surface area contributed by atoms with Crippen LogP contribution in [-0.2, 0) is 4.74 Å². The van der Waals surface area contributed by atoms with Gasteiger partial charge in [0.2, 0.25) is 0 Å². The van der Waals surface area contributed by atoms with Crippen LogP contribution in [0.5, 0.6) is 0 Å². The van der Waals surface area contributed by atoms with Crippen LogP contribution in [0.4, 0.5) is 11.5 Å². The Morgan fingerprint density at radius 3 is 3.00 bits per heavy atom. The number of nitrogens with zero attached hydrogens (tertiary/aromatic N) is 2. The van der Waals surface area contributed by atoms with Gasteiger partial charge in [-0.1, -0.05) is 0 Å². The number of hydrogen-bond donors (Lipinski definition) is 2. The van der Waals surface area contributed by atoms with E-state index in [4.69, 9.17) is 15.6 Å². The Kier molecular flexibility index (Phi) is 4.21. The number of rotatable bonds is 5. The maximum absolute atomic E-state index is 10.9. The molecule has 6 heteroatoms. The van der Waals surface area contributed by atoms with Crippen molar-refractivity contribution in [1.29, 1.82) is 0 Å². The molecule has 0 aromatic carbocycles. The number of hydrogen-bond acceptors (Lipinski definition) is 5. The number of carbonyl (C=O) groups is 1. The molecule has 2 rings (SSSR count). The summed E-state index contributed by atoms with van der Waals surface area (Å²) in [4.78, 5) is 17.1. The van der Waals surface area contributed by atoms with Gasteiger partial charge < -0.3 is 20.5 Å². The minimum absolute atomic E-state index is 0.106. The van der Waals surface area contributed by atoms with E-state index in [0.29, 0.717) is 11.5 Å². The SMILES string of the molecule is CCN(CC1CCCO1)c1ncc(C(=O)O)cc1N. The van der Waals surface area contributed by atoms with E-state index in [1.165, 1.54) is 12.3 Å². The molecule has 1 atom stereocenters. The van der Waals surface area contributed by atoms with Gasteiger partial charge in [0.05, 0.1) is 17.4 Å². The number of nitrogens with two attached hydrogens (primary N) is 1. The largest absolute Gasteiger partial charge is 0.478 e. The number of nitrogen functional groups attached to an aromatic ring is 1. The van der Waals surface area contributed by atoms with Gasteiger partial charge in [0.25, 0.3) is 0 Å². The zero-order chi connectivity index (χ0) is 13.8. The highest BCUT2D eigenvalue weighted by Crippen LogP contribution is 2.23. The van der Waals surface area contributed by atoms with Gasteiger partial charge in [-0.2, -0.15) is 0 Å². The Labute approximate surface area is 112 Å². The second-order valence-corrected chi connectivity index (χ2v) is 4.62. The van der Waals surface area contributed by atoms with Crippen LogP contribution in [0.25, 0.3) is 0 Å². The molecular weight excluding hydrogens is 246 g/mol. The Morgan fingerprint density at radius 1 is 1.68 bits per heavy atom. The Balaban J connectivity index is 2.15. The first-order valence-corrected chi connectivity index (χ1v) is 6.47. The van der Waals surface area contributed by atoms with Crippen molar-refractivity contribution in [3.05, 3.63) is 17.8 Å². The van der Waals surface area contributed by atoms with Crippen molar-refractivity contribution in [2.45, 2.75) is 25.9 Å². The molecule has 0 aliphatic carbocycles. The Morgan fingerprint density at radius 2 is 2.47 bits per heavy atom. The van der Waals surface area contributed by atoms with Crippen molar-refractivity contribution in [3.63, 3.8) is 0 Å². The quantitative estimate of drug-likeness (QED) is 0.835. The van der Waals surface area contributed by atoms with Crippen molar-refractivity contribution >= 4 is 17.5 Å². The zero-order valence-corrected chi connectivity index (χ0v) is 11.0. The van der Waals surface area contributed by atoms with Gasteiger partial charge >= 0.3 is 5.97 Å². The molecular formula is C13H19N3O3. The number of aromatic nitrogens is 1. The fourth-order valence-corrected chi connectivity index (χ4v) is 2.26. The highest BCUT2D eigenvalue weighted by atomic mass is 16.5. The highest BCUT2D eigenvalue weighted by Gasteiger charge is 2.21. The molecule has 0 saturated carbocycles. The van der Waals surface area contributed by atoms with E-state index in [1.807, 2.05) is 11.8 Å². The molecule has 1 aliphatic heterocycles. The molecule has 1 saturated heterocycles. The van der Waals surface area contributed by atoms with E-state index >= 15 is 0 Å². The Hall–Kier alpha value is -1.82. The average molecular weight is 265 g/mol. The van der Waals surface area contributed by atoms with E-state index < -0.39 is 5.97 Å². The normalized spacial score (nSPS) is 18.5. The molecule has 0 radical (unpaired) electrons. The van der Waals surface area contributed by atoms with Crippen molar-refractivity contribution in [3.8, 4) is 0 Å². The summed E-state index contributed by atoms with van der Waals surface area (Å²) < 4.78 is 5.60. The monoisotopic (exact) mass is 265 g/mol. The molecule has 0 bridgehead atoms. The second kappa shape index (κ2) is 5.88. The van der Waals surface area contributed by atoms with Crippen LogP contribution >= 0.6 is 0 Å². The average Bonchev–Trinajstić information content (AvgIpc) is 2.89. The summed E-state index contributed by atoms with van der Waals surface area (Å²) >= 11 is 0. The van der Waals surface area contributed by atoms with Crippen LogP contribution < -0.4 is 10.6 Å². The zero-order valence-electron chi connectivity index (χ0n) is 11.0. The van der Waals surface area contributed by atoms with Crippen LogP contribution in [0.2, 0.25) is 0 Å². The Bertz CT molecular complexity index is 458. The van der Waals surface area contributed by atoms with Crippen molar-refractivity contribution in [1.82, 2.24) is 4.98 Å². The predicted octanol–water partition coefficient (Wildman–Crippen LogP) is 1.37. The van der Waals surface area contributed by atoms with Crippen LogP contribution in [0.3, 0.4) is 0 Å². The van der Waals surface area contributed by atoms with Gasteiger partial charge in [0, 0.05) is 25.9 Å². The topological polar surface area (TPSA) is 88.7 Å². The van der Waals surface area contributed by atoms with Crippen molar-refractivity contribution < 1.29 is 14.6 Å². The molecule has 6 nitrogen and oxygen atoms in total. The summed E-state index contributed by atoms with van der Waals surface area (Å²) in [7, 11) is 0. The molecule has 2 heterocycles. The molecule has 3 N–H and O–H groups in total. The standard InChI is InChI=1S/C13H19N3O3/c1-2-16(8-10-4-3-5-19-10)12-11(14)6-9(7-15-12)13(17)18/h6-7,10H,2-5,8,14H2,1H3,(H,17,18). The number of anilines is 2. The maximum Gasteiger partial charge on any atom is 0.337 e. The first-order valence-electron chi connectivity index (χ1n) is 6.47. The third-order valence-corrected chi connectivity index (χ3v) is 3.27. The summed E-state index contributed by atoms with van der Waals surface area (Å²) in [6.45, 7) is 4.31. The molecule has 1 aromatic rings. The summed E-state index contributed by atoms with van der Waals surface area (Å²) in [5.74, 6) is -0.393. The minimum Gasteiger partial charge on any atom is -0.478 e.